The first-order valence-electron chi connectivity index (χ1n) is 10.8. The molecule has 2 saturated heterocycles. The Bertz CT molecular complexity index is 890. The Labute approximate surface area is 180 Å². The molecular formula is C22H28F3N5O. The topological polar surface area (TPSA) is 64.5 Å². The Kier molecular flexibility index (Phi) is 6.22. The lowest BCUT2D eigenvalue weighted by Gasteiger charge is -2.33. The van der Waals surface area contributed by atoms with E-state index < -0.39 is 11.7 Å². The molecule has 0 bridgehead atoms. The third-order valence-corrected chi connectivity index (χ3v) is 5.92. The van der Waals surface area contributed by atoms with Crippen LogP contribution >= 0.6 is 0 Å². The maximum atomic E-state index is 13.6. The summed E-state index contributed by atoms with van der Waals surface area (Å²) in [5.74, 6) is 0.403. The second kappa shape index (κ2) is 8.90. The number of rotatable bonds is 4. The number of aliphatic hydroxyl groups is 1. The minimum Gasteiger partial charge on any atom is -0.391 e. The number of benzene rings is 1. The van der Waals surface area contributed by atoms with Gasteiger partial charge in [-0.25, -0.2) is 4.98 Å². The van der Waals surface area contributed by atoms with Crippen LogP contribution in [0.4, 0.5) is 36.3 Å². The highest BCUT2D eigenvalue weighted by Crippen LogP contribution is 2.37. The molecule has 4 rings (SSSR count). The monoisotopic (exact) mass is 435 g/mol. The summed E-state index contributed by atoms with van der Waals surface area (Å²) in [7, 11) is 0. The van der Waals surface area contributed by atoms with E-state index in [9.17, 15) is 18.3 Å². The number of aliphatic hydroxyl groups excluding tert-OH is 1. The minimum absolute atomic E-state index is 0.0597. The molecule has 2 unspecified atom stereocenters. The second-order valence-corrected chi connectivity index (χ2v) is 8.54. The van der Waals surface area contributed by atoms with Crippen LogP contribution in [0.15, 0.2) is 30.5 Å². The first-order chi connectivity index (χ1) is 14.8. The van der Waals surface area contributed by atoms with Crippen molar-refractivity contribution in [2.45, 2.75) is 44.9 Å². The Morgan fingerprint density at radius 3 is 2.42 bits per heavy atom. The highest BCUT2D eigenvalue weighted by molar-refractivity contribution is 5.61. The average Bonchev–Trinajstić information content (AvgIpc) is 2.73. The van der Waals surface area contributed by atoms with Gasteiger partial charge in [0.2, 0.25) is 5.95 Å². The molecule has 168 valence electrons. The van der Waals surface area contributed by atoms with Crippen molar-refractivity contribution in [3.8, 4) is 0 Å². The lowest BCUT2D eigenvalue weighted by atomic mass is 10.00. The lowest BCUT2D eigenvalue weighted by Crippen LogP contribution is -2.38. The summed E-state index contributed by atoms with van der Waals surface area (Å²) in [5.41, 5.74) is 0.894. The molecular weight excluding hydrogens is 407 g/mol. The molecule has 0 amide bonds. The van der Waals surface area contributed by atoms with Crippen molar-refractivity contribution in [2.24, 2.45) is 5.92 Å². The van der Waals surface area contributed by atoms with Gasteiger partial charge in [-0.1, -0.05) is 6.92 Å². The largest absolute Gasteiger partial charge is 0.421 e. The van der Waals surface area contributed by atoms with Crippen LogP contribution in [0.3, 0.4) is 0 Å². The summed E-state index contributed by atoms with van der Waals surface area (Å²) in [6.45, 7) is 4.65. The van der Waals surface area contributed by atoms with E-state index in [2.05, 4.69) is 20.2 Å². The molecule has 9 heteroatoms. The van der Waals surface area contributed by atoms with Crippen molar-refractivity contribution in [2.75, 3.05) is 41.3 Å². The van der Waals surface area contributed by atoms with Crippen LogP contribution in [-0.2, 0) is 6.18 Å². The van der Waals surface area contributed by atoms with Gasteiger partial charge < -0.3 is 20.2 Å². The zero-order valence-corrected chi connectivity index (χ0v) is 17.6. The van der Waals surface area contributed by atoms with E-state index in [1.54, 1.807) is 4.90 Å². The molecule has 2 aliphatic heterocycles. The van der Waals surface area contributed by atoms with Crippen LogP contribution in [0.2, 0.25) is 0 Å². The molecule has 2 N–H and O–H groups in total. The van der Waals surface area contributed by atoms with Gasteiger partial charge in [-0.2, -0.15) is 18.2 Å². The van der Waals surface area contributed by atoms with Gasteiger partial charge in [0.25, 0.3) is 0 Å². The quantitative estimate of drug-likeness (QED) is 0.741. The number of hydrogen-bond donors (Lipinski definition) is 2. The molecule has 31 heavy (non-hydrogen) atoms. The van der Waals surface area contributed by atoms with Crippen LogP contribution in [-0.4, -0.2) is 47.4 Å². The van der Waals surface area contributed by atoms with E-state index in [0.29, 0.717) is 31.2 Å². The smallest absolute Gasteiger partial charge is 0.391 e. The number of halogens is 3. The van der Waals surface area contributed by atoms with E-state index in [0.717, 1.165) is 44.1 Å². The Morgan fingerprint density at radius 2 is 1.74 bits per heavy atom. The average molecular weight is 435 g/mol. The molecule has 0 radical (unpaired) electrons. The van der Waals surface area contributed by atoms with Crippen LogP contribution in [0.5, 0.6) is 0 Å². The maximum Gasteiger partial charge on any atom is 0.421 e. The molecule has 0 aliphatic carbocycles. The number of piperidine rings is 2. The summed E-state index contributed by atoms with van der Waals surface area (Å²) >= 11 is 0. The molecule has 2 atom stereocenters. The Balaban J connectivity index is 1.53. The third-order valence-electron chi connectivity index (χ3n) is 5.92. The van der Waals surface area contributed by atoms with E-state index in [1.807, 2.05) is 31.2 Å². The van der Waals surface area contributed by atoms with Crippen molar-refractivity contribution in [1.82, 2.24) is 9.97 Å². The summed E-state index contributed by atoms with van der Waals surface area (Å²) in [4.78, 5) is 12.0. The van der Waals surface area contributed by atoms with Crippen LogP contribution < -0.4 is 15.1 Å². The first-order valence-corrected chi connectivity index (χ1v) is 10.8. The number of nitrogens with zero attached hydrogens (tertiary/aromatic N) is 4. The van der Waals surface area contributed by atoms with Gasteiger partial charge in [0.05, 0.1) is 6.10 Å². The fourth-order valence-corrected chi connectivity index (χ4v) is 4.33. The van der Waals surface area contributed by atoms with E-state index in [-0.39, 0.29) is 17.9 Å². The molecule has 1 aromatic heterocycles. The van der Waals surface area contributed by atoms with Gasteiger partial charge in [0.1, 0.15) is 11.4 Å². The van der Waals surface area contributed by atoms with Crippen molar-refractivity contribution < 1.29 is 18.3 Å². The zero-order chi connectivity index (χ0) is 22.0. The van der Waals surface area contributed by atoms with E-state index >= 15 is 0 Å². The second-order valence-electron chi connectivity index (χ2n) is 8.54. The van der Waals surface area contributed by atoms with Gasteiger partial charge in [0, 0.05) is 43.8 Å². The number of hydrogen-bond acceptors (Lipinski definition) is 6. The number of aromatic nitrogens is 2. The number of anilines is 4. The maximum absolute atomic E-state index is 13.6. The molecule has 0 spiro atoms. The summed E-state index contributed by atoms with van der Waals surface area (Å²) in [5, 5.41) is 12.9. The molecule has 2 aromatic rings. The van der Waals surface area contributed by atoms with Crippen LogP contribution in [0, 0.1) is 5.92 Å². The summed E-state index contributed by atoms with van der Waals surface area (Å²) in [6, 6.07) is 7.55. The van der Waals surface area contributed by atoms with Crippen LogP contribution in [0.25, 0.3) is 0 Å². The standard InChI is InChI=1S/C22H28F3N5O/c1-15-4-2-11-30(13-15)20-19(22(23,24)25)12-26-21(28-20)27-16-6-8-17(9-7-16)29-10-3-5-18(31)14-29/h6-9,12,15,18,31H,2-5,10-11,13-14H2,1H3,(H,26,27,28). The number of alkyl halides is 3. The molecule has 6 nitrogen and oxygen atoms in total. The first kappa shape index (κ1) is 21.7. The van der Waals surface area contributed by atoms with Crippen molar-refractivity contribution in [1.29, 1.82) is 0 Å². The SMILES string of the molecule is CC1CCCN(c2nc(Nc3ccc(N4CCCC(O)C4)cc3)ncc2C(F)(F)F)C1. The molecule has 3 heterocycles. The number of nitrogens with one attached hydrogen (secondary N) is 1. The Hall–Kier alpha value is -2.55. The van der Waals surface area contributed by atoms with E-state index in [1.165, 1.54) is 0 Å². The summed E-state index contributed by atoms with van der Waals surface area (Å²) in [6.07, 6.45) is -0.338. The molecule has 2 fully saturated rings. The highest BCUT2D eigenvalue weighted by atomic mass is 19.4. The zero-order valence-electron chi connectivity index (χ0n) is 17.6. The van der Waals surface area contributed by atoms with Gasteiger partial charge in [0.15, 0.2) is 0 Å². The van der Waals surface area contributed by atoms with Gasteiger partial charge >= 0.3 is 6.18 Å². The van der Waals surface area contributed by atoms with Crippen molar-refractivity contribution in [3.63, 3.8) is 0 Å². The third kappa shape index (κ3) is 5.20. The lowest BCUT2D eigenvalue weighted by molar-refractivity contribution is -0.137. The molecule has 1 aromatic carbocycles. The van der Waals surface area contributed by atoms with E-state index in [4.69, 9.17) is 0 Å². The predicted molar refractivity (Wildman–Crippen MR) is 115 cm³/mol. The molecule has 0 saturated carbocycles. The normalized spacial score (nSPS) is 22.5. The number of β-amino-alcohol motifs (C(OH)–C–C–N with tert-alkyl or cyclic N) is 1. The van der Waals surface area contributed by atoms with Gasteiger partial charge in [-0.3, -0.25) is 0 Å². The molecule has 2 aliphatic rings. The van der Waals surface area contributed by atoms with Crippen molar-refractivity contribution in [3.05, 3.63) is 36.0 Å². The fraction of sp³-hybridized carbons (Fsp3) is 0.545. The van der Waals surface area contributed by atoms with Crippen LogP contribution in [0.1, 0.15) is 38.2 Å². The van der Waals surface area contributed by atoms with Gasteiger partial charge in [-0.15, -0.1) is 0 Å². The van der Waals surface area contributed by atoms with Gasteiger partial charge in [-0.05, 0) is 55.9 Å². The van der Waals surface area contributed by atoms with Crippen molar-refractivity contribution >= 4 is 23.1 Å². The summed E-state index contributed by atoms with van der Waals surface area (Å²) < 4.78 is 40.7. The Morgan fingerprint density at radius 1 is 1.03 bits per heavy atom. The fourth-order valence-electron chi connectivity index (χ4n) is 4.33. The highest BCUT2D eigenvalue weighted by Gasteiger charge is 2.37. The predicted octanol–water partition coefficient (Wildman–Crippen LogP) is 4.44. The minimum atomic E-state index is -4.50.